The van der Waals surface area contributed by atoms with Crippen LogP contribution in [0.2, 0.25) is 0 Å². The van der Waals surface area contributed by atoms with Gasteiger partial charge in [0.05, 0.1) is 12.6 Å². The molecule has 0 spiro atoms. The van der Waals surface area contributed by atoms with Crippen LogP contribution in [-0.4, -0.2) is 41.3 Å². The number of likely N-dealkylation sites (tertiary alicyclic amines) is 1. The van der Waals surface area contributed by atoms with Gasteiger partial charge in [0.2, 0.25) is 0 Å². The van der Waals surface area contributed by atoms with Crippen LogP contribution in [0.1, 0.15) is 46.0 Å². The number of hydrogen-bond donors (Lipinski definition) is 2. The molecule has 0 aromatic heterocycles. The summed E-state index contributed by atoms with van der Waals surface area (Å²) in [6, 6.07) is 0.361. The third-order valence-corrected chi connectivity index (χ3v) is 4.86. The average Bonchev–Trinajstić information content (AvgIpc) is 2.83. The Kier molecular flexibility index (Phi) is 4.49. The Hall–Kier alpha value is -0.770. The average molecular weight is 254 g/mol. The molecule has 1 aliphatic carbocycles. The van der Waals surface area contributed by atoms with Crippen molar-refractivity contribution in [2.75, 3.05) is 13.2 Å². The molecule has 0 radical (unpaired) electrons. The Bertz CT molecular complexity index is 296. The zero-order valence-corrected chi connectivity index (χ0v) is 11.6. The maximum absolute atomic E-state index is 12.2. The van der Waals surface area contributed by atoms with Gasteiger partial charge in [-0.25, -0.2) is 4.79 Å². The van der Waals surface area contributed by atoms with Gasteiger partial charge in [0.25, 0.3) is 0 Å². The van der Waals surface area contributed by atoms with Crippen LogP contribution >= 0.6 is 0 Å². The number of urea groups is 1. The molecule has 0 bridgehead atoms. The summed E-state index contributed by atoms with van der Waals surface area (Å²) in [5, 5.41) is 12.4. The Balaban J connectivity index is 1.90. The maximum Gasteiger partial charge on any atom is 0.317 e. The third-order valence-electron chi connectivity index (χ3n) is 4.86. The molecule has 104 valence electrons. The van der Waals surface area contributed by atoms with Gasteiger partial charge in [-0.15, -0.1) is 0 Å². The summed E-state index contributed by atoms with van der Waals surface area (Å²) in [5.41, 5.74) is 0. The van der Waals surface area contributed by atoms with Crippen molar-refractivity contribution in [2.45, 2.75) is 58.0 Å². The van der Waals surface area contributed by atoms with Gasteiger partial charge in [0.1, 0.15) is 0 Å². The van der Waals surface area contributed by atoms with Crippen LogP contribution in [0.4, 0.5) is 4.79 Å². The highest BCUT2D eigenvalue weighted by Gasteiger charge is 2.32. The smallest absolute Gasteiger partial charge is 0.317 e. The molecule has 4 nitrogen and oxygen atoms in total. The first-order chi connectivity index (χ1) is 8.63. The largest absolute Gasteiger partial charge is 0.394 e. The number of nitrogens with one attached hydrogen (secondary N) is 1. The molecule has 3 unspecified atom stereocenters. The number of carbonyl (C=O) groups excluding carboxylic acids is 1. The molecule has 2 aliphatic rings. The molecule has 0 aromatic rings. The van der Waals surface area contributed by atoms with Crippen LogP contribution in [0.25, 0.3) is 0 Å². The second kappa shape index (κ2) is 5.91. The van der Waals surface area contributed by atoms with Crippen molar-refractivity contribution in [1.29, 1.82) is 0 Å². The molecule has 2 rings (SSSR count). The number of carbonyl (C=O) groups is 1. The minimum Gasteiger partial charge on any atom is -0.394 e. The van der Waals surface area contributed by atoms with E-state index in [2.05, 4.69) is 19.2 Å². The van der Waals surface area contributed by atoms with Crippen molar-refractivity contribution >= 4 is 6.03 Å². The van der Waals surface area contributed by atoms with Crippen LogP contribution in [0.3, 0.4) is 0 Å². The van der Waals surface area contributed by atoms with Gasteiger partial charge >= 0.3 is 6.03 Å². The lowest BCUT2D eigenvalue weighted by molar-refractivity contribution is 0.142. The molecule has 2 N–H and O–H groups in total. The summed E-state index contributed by atoms with van der Waals surface area (Å²) in [5.74, 6) is 1.24. The molecule has 0 aromatic carbocycles. The summed E-state index contributed by atoms with van der Waals surface area (Å²) in [7, 11) is 0. The Morgan fingerprint density at radius 3 is 2.78 bits per heavy atom. The molecule has 4 heteroatoms. The van der Waals surface area contributed by atoms with E-state index in [1.807, 2.05) is 4.90 Å². The van der Waals surface area contributed by atoms with Crippen LogP contribution in [0, 0.1) is 11.8 Å². The van der Waals surface area contributed by atoms with E-state index in [9.17, 15) is 9.90 Å². The normalized spacial score (nSPS) is 36.7. The second-order valence-electron chi connectivity index (χ2n) is 6.00. The number of aliphatic hydroxyl groups is 1. The highest BCUT2D eigenvalue weighted by atomic mass is 16.3. The molecule has 1 aliphatic heterocycles. The number of amides is 2. The number of nitrogens with zero attached hydrogens (tertiary/aromatic N) is 1. The van der Waals surface area contributed by atoms with Gasteiger partial charge in [-0.05, 0) is 31.1 Å². The Morgan fingerprint density at radius 2 is 2.06 bits per heavy atom. The lowest BCUT2D eigenvalue weighted by Gasteiger charge is -2.36. The zero-order valence-electron chi connectivity index (χ0n) is 11.6. The quantitative estimate of drug-likeness (QED) is 0.791. The van der Waals surface area contributed by atoms with E-state index in [-0.39, 0.29) is 18.7 Å². The van der Waals surface area contributed by atoms with Gasteiger partial charge in [0.15, 0.2) is 0 Å². The van der Waals surface area contributed by atoms with Gasteiger partial charge in [-0.1, -0.05) is 26.7 Å². The molecule has 2 amide bonds. The predicted molar refractivity (Wildman–Crippen MR) is 71.3 cm³/mol. The van der Waals surface area contributed by atoms with E-state index in [4.69, 9.17) is 0 Å². The van der Waals surface area contributed by atoms with Crippen LogP contribution in [-0.2, 0) is 0 Å². The summed E-state index contributed by atoms with van der Waals surface area (Å²) >= 11 is 0. The predicted octanol–water partition coefficient (Wildman–Crippen LogP) is 1.98. The van der Waals surface area contributed by atoms with E-state index < -0.39 is 0 Å². The number of aliphatic hydroxyl groups excluding tert-OH is 1. The molecule has 1 heterocycles. The number of rotatable bonds is 2. The van der Waals surface area contributed by atoms with Crippen molar-refractivity contribution in [1.82, 2.24) is 10.2 Å². The minimum absolute atomic E-state index is 0.0255. The first kappa shape index (κ1) is 13.7. The van der Waals surface area contributed by atoms with Crippen molar-refractivity contribution in [2.24, 2.45) is 11.8 Å². The third kappa shape index (κ3) is 2.79. The lowest BCUT2D eigenvalue weighted by atomic mass is 9.78. The molecule has 2 fully saturated rings. The van der Waals surface area contributed by atoms with E-state index >= 15 is 0 Å². The van der Waals surface area contributed by atoms with Gasteiger partial charge in [-0.2, -0.15) is 0 Å². The fourth-order valence-corrected chi connectivity index (χ4v) is 3.32. The molecule has 4 atom stereocenters. The maximum atomic E-state index is 12.2. The molecular formula is C14H26N2O2. The molecular weight excluding hydrogens is 228 g/mol. The number of hydrogen-bond acceptors (Lipinski definition) is 2. The standard InChI is InChI=1S/C14H26N2O2/c1-10-5-3-7-13(11(10)2)15-14(18)16-8-4-6-12(16)9-17/h10-13,17H,3-9H2,1-2H3,(H,15,18)/t10?,11?,12-,13?/m0/s1. The molecule has 1 saturated carbocycles. The highest BCUT2D eigenvalue weighted by molar-refractivity contribution is 5.75. The first-order valence-corrected chi connectivity index (χ1v) is 7.31. The summed E-state index contributed by atoms with van der Waals surface area (Å²) in [4.78, 5) is 14.1. The van der Waals surface area contributed by atoms with Crippen molar-refractivity contribution in [3.63, 3.8) is 0 Å². The van der Waals surface area contributed by atoms with E-state index in [1.54, 1.807) is 0 Å². The van der Waals surface area contributed by atoms with Gasteiger partial charge < -0.3 is 15.3 Å². The Morgan fingerprint density at radius 1 is 1.28 bits per heavy atom. The van der Waals surface area contributed by atoms with E-state index in [0.29, 0.717) is 17.9 Å². The zero-order chi connectivity index (χ0) is 13.1. The van der Waals surface area contributed by atoms with Crippen molar-refractivity contribution in [3.05, 3.63) is 0 Å². The first-order valence-electron chi connectivity index (χ1n) is 7.31. The van der Waals surface area contributed by atoms with E-state index in [0.717, 1.165) is 25.8 Å². The van der Waals surface area contributed by atoms with Crippen molar-refractivity contribution < 1.29 is 9.90 Å². The van der Waals surface area contributed by atoms with Crippen LogP contribution < -0.4 is 5.32 Å². The van der Waals surface area contributed by atoms with Crippen LogP contribution in [0.15, 0.2) is 0 Å². The summed E-state index contributed by atoms with van der Waals surface area (Å²) in [6.45, 7) is 5.38. The SMILES string of the molecule is CC1CCCC(NC(=O)N2CCC[C@H]2CO)C1C. The van der Waals surface area contributed by atoms with E-state index in [1.165, 1.54) is 12.8 Å². The Labute approximate surface area is 110 Å². The molecule has 1 saturated heterocycles. The minimum atomic E-state index is 0.0255. The molecule has 18 heavy (non-hydrogen) atoms. The highest BCUT2D eigenvalue weighted by Crippen LogP contribution is 2.29. The topological polar surface area (TPSA) is 52.6 Å². The fraction of sp³-hybridized carbons (Fsp3) is 0.929. The summed E-state index contributed by atoms with van der Waals surface area (Å²) < 4.78 is 0. The fourth-order valence-electron chi connectivity index (χ4n) is 3.32. The van der Waals surface area contributed by atoms with Crippen molar-refractivity contribution in [3.8, 4) is 0 Å². The summed E-state index contributed by atoms with van der Waals surface area (Å²) in [6.07, 6.45) is 5.51. The lowest BCUT2D eigenvalue weighted by Crippen LogP contribution is -2.51. The van der Waals surface area contributed by atoms with Gasteiger partial charge in [-0.3, -0.25) is 0 Å². The van der Waals surface area contributed by atoms with Crippen LogP contribution in [0.5, 0.6) is 0 Å². The van der Waals surface area contributed by atoms with Gasteiger partial charge in [0, 0.05) is 12.6 Å². The monoisotopic (exact) mass is 254 g/mol. The second-order valence-corrected chi connectivity index (χ2v) is 6.00.